The third kappa shape index (κ3) is 1.70. The first-order valence-electron chi connectivity index (χ1n) is 4.71. The maximum Gasteiger partial charge on any atom is 0.167 e. The Labute approximate surface area is 88.5 Å². The SMILES string of the molecule is COc1ccc(C)cc1-c1nncn1C. The van der Waals surface area contributed by atoms with E-state index in [1.54, 1.807) is 13.4 Å². The number of nitrogens with zero attached hydrogens (tertiary/aromatic N) is 3. The van der Waals surface area contributed by atoms with Gasteiger partial charge in [0.25, 0.3) is 0 Å². The highest BCUT2D eigenvalue weighted by Crippen LogP contribution is 2.28. The van der Waals surface area contributed by atoms with Gasteiger partial charge in [-0.2, -0.15) is 0 Å². The molecule has 0 saturated heterocycles. The van der Waals surface area contributed by atoms with Gasteiger partial charge in [0.2, 0.25) is 0 Å². The van der Waals surface area contributed by atoms with Crippen LogP contribution >= 0.6 is 0 Å². The van der Waals surface area contributed by atoms with Crippen molar-refractivity contribution in [2.45, 2.75) is 6.92 Å². The Morgan fingerprint density at radius 2 is 2.13 bits per heavy atom. The number of methoxy groups -OCH3 is 1. The van der Waals surface area contributed by atoms with E-state index in [0.717, 1.165) is 17.1 Å². The maximum atomic E-state index is 5.30. The molecule has 0 N–H and O–H groups in total. The van der Waals surface area contributed by atoms with Gasteiger partial charge < -0.3 is 9.30 Å². The summed E-state index contributed by atoms with van der Waals surface area (Å²) in [5.74, 6) is 1.63. The van der Waals surface area contributed by atoms with Crippen LogP contribution < -0.4 is 4.74 Å². The summed E-state index contributed by atoms with van der Waals surface area (Å²) in [5.41, 5.74) is 2.14. The van der Waals surface area contributed by atoms with Crippen LogP contribution in [0.2, 0.25) is 0 Å². The standard InChI is InChI=1S/C11H13N3O/c1-8-4-5-10(15-3)9(6-8)11-13-12-7-14(11)2/h4-7H,1-3H3. The Morgan fingerprint density at radius 1 is 1.33 bits per heavy atom. The van der Waals surface area contributed by atoms with Gasteiger partial charge in [0.05, 0.1) is 12.7 Å². The second kappa shape index (κ2) is 3.73. The summed E-state index contributed by atoms with van der Waals surface area (Å²) < 4.78 is 7.17. The molecule has 2 aromatic rings. The van der Waals surface area contributed by atoms with E-state index in [1.165, 1.54) is 5.56 Å². The molecule has 0 amide bonds. The number of ether oxygens (including phenoxy) is 1. The zero-order valence-electron chi connectivity index (χ0n) is 9.06. The summed E-state index contributed by atoms with van der Waals surface area (Å²) in [6, 6.07) is 6.00. The fraction of sp³-hybridized carbons (Fsp3) is 0.273. The topological polar surface area (TPSA) is 39.9 Å². The van der Waals surface area contributed by atoms with E-state index in [9.17, 15) is 0 Å². The van der Waals surface area contributed by atoms with Crippen molar-refractivity contribution in [2.24, 2.45) is 7.05 Å². The minimum Gasteiger partial charge on any atom is -0.496 e. The minimum absolute atomic E-state index is 0.815. The molecule has 0 unspecified atom stereocenters. The number of benzene rings is 1. The summed E-state index contributed by atoms with van der Waals surface area (Å²) in [4.78, 5) is 0. The van der Waals surface area contributed by atoms with Gasteiger partial charge in [-0.1, -0.05) is 11.6 Å². The molecule has 0 atom stereocenters. The van der Waals surface area contributed by atoms with Crippen molar-refractivity contribution < 1.29 is 4.74 Å². The smallest absolute Gasteiger partial charge is 0.167 e. The second-order valence-electron chi connectivity index (χ2n) is 3.47. The Bertz CT molecular complexity index is 476. The van der Waals surface area contributed by atoms with Crippen LogP contribution in [0.3, 0.4) is 0 Å². The molecule has 1 aromatic carbocycles. The average Bonchev–Trinajstić information content (AvgIpc) is 2.64. The molecular weight excluding hydrogens is 190 g/mol. The van der Waals surface area contributed by atoms with Crippen LogP contribution in [0.1, 0.15) is 5.56 Å². The van der Waals surface area contributed by atoms with Crippen LogP contribution in [0.4, 0.5) is 0 Å². The first kappa shape index (κ1) is 9.71. The molecule has 15 heavy (non-hydrogen) atoms. The molecule has 1 heterocycles. The molecule has 0 bridgehead atoms. The van der Waals surface area contributed by atoms with Crippen LogP contribution in [-0.2, 0) is 7.05 Å². The molecule has 1 aromatic heterocycles. The highest BCUT2D eigenvalue weighted by Gasteiger charge is 2.10. The number of hydrogen-bond acceptors (Lipinski definition) is 3. The lowest BCUT2D eigenvalue weighted by atomic mass is 10.1. The predicted octanol–water partition coefficient (Wildman–Crippen LogP) is 1.80. The lowest BCUT2D eigenvalue weighted by Gasteiger charge is -2.08. The Kier molecular flexibility index (Phi) is 2.41. The Balaban J connectivity index is 2.60. The van der Waals surface area contributed by atoms with Crippen molar-refractivity contribution in [3.8, 4) is 17.1 Å². The van der Waals surface area contributed by atoms with E-state index in [2.05, 4.69) is 10.2 Å². The highest BCUT2D eigenvalue weighted by atomic mass is 16.5. The lowest BCUT2D eigenvalue weighted by molar-refractivity contribution is 0.416. The first-order valence-corrected chi connectivity index (χ1v) is 4.71. The van der Waals surface area contributed by atoms with E-state index in [4.69, 9.17) is 4.74 Å². The summed E-state index contributed by atoms with van der Waals surface area (Å²) in [6.07, 6.45) is 1.68. The quantitative estimate of drug-likeness (QED) is 0.747. The molecule has 0 aliphatic heterocycles. The van der Waals surface area contributed by atoms with Crippen molar-refractivity contribution in [1.82, 2.24) is 14.8 Å². The maximum absolute atomic E-state index is 5.30. The third-order valence-electron chi connectivity index (χ3n) is 2.31. The number of aryl methyl sites for hydroxylation is 2. The molecule has 0 spiro atoms. The van der Waals surface area contributed by atoms with Gasteiger partial charge in [0.1, 0.15) is 12.1 Å². The van der Waals surface area contributed by atoms with E-state index in [-0.39, 0.29) is 0 Å². The molecular formula is C11H13N3O. The van der Waals surface area contributed by atoms with E-state index >= 15 is 0 Å². The van der Waals surface area contributed by atoms with Crippen LogP contribution in [-0.4, -0.2) is 21.9 Å². The van der Waals surface area contributed by atoms with Gasteiger partial charge in [-0.25, -0.2) is 0 Å². The van der Waals surface area contributed by atoms with Crippen LogP contribution in [0.5, 0.6) is 5.75 Å². The zero-order valence-corrected chi connectivity index (χ0v) is 9.06. The van der Waals surface area contributed by atoms with E-state index < -0.39 is 0 Å². The molecule has 2 rings (SSSR count). The Morgan fingerprint density at radius 3 is 2.73 bits per heavy atom. The van der Waals surface area contributed by atoms with Crippen LogP contribution in [0.25, 0.3) is 11.4 Å². The zero-order chi connectivity index (χ0) is 10.8. The largest absolute Gasteiger partial charge is 0.496 e. The third-order valence-corrected chi connectivity index (χ3v) is 2.31. The summed E-state index contributed by atoms with van der Waals surface area (Å²) in [7, 11) is 3.57. The van der Waals surface area contributed by atoms with Gasteiger partial charge in [-0.05, 0) is 19.1 Å². The molecule has 0 aliphatic rings. The van der Waals surface area contributed by atoms with Gasteiger partial charge in [-0.15, -0.1) is 10.2 Å². The number of rotatable bonds is 2. The van der Waals surface area contributed by atoms with Crippen molar-refractivity contribution in [3.05, 3.63) is 30.1 Å². The summed E-state index contributed by atoms with van der Waals surface area (Å²) in [6.45, 7) is 2.04. The van der Waals surface area contributed by atoms with E-state index in [0.29, 0.717) is 0 Å². The molecule has 78 valence electrons. The molecule has 0 saturated carbocycles. The van der Waals surface area contributed by atoms with Gasteiger partial charge in [0, 0.05) is 7.05 Å². The average molecular weight is 203 g/mol. The molecule has 4 nitrogen and oxygen atoms in total. The minimum atomic E-state index is 0.815. The van der Waals surface area contributed by atoms with Gasteiger partial charge >= 0.3 is 0 Å². The monoisotopic (exact) mass is 203 g/mol. The fourth-order valence-corrected chi connectivity index (χ4v) is 1.52. The van der Waals surface area contributed by atoms with E-state index in [1.807, 2.05) is 36.7 Å². The van der Waals surface area contributed by atoms with Crippen LogP contribution in [0.15, 0.2) is 24.5 Å². The van der Waals surface area contributed by atoms with Crippen molar-refractivity contribution in [2.75, 3.05) is 7.11 Å². The van der Waals surface area contributed by atoms with Crippen molar-refractivity contribution >= 4 is 0 Å². The molecule has 0 aliphatic carbocycles. The summed E-state index contributed by atoms with van der Waals surface area (Å²) >= 11 is 0. The second-order valence-corrected chi connectivity index (χ2v) is 3.47. The normalized spacial score (nSPS) is 10.3. The lowest BCUT2D eigenvalue weighted by Crippen LogP contribution is -1.95. The highest BCUT2D eigenvalue weighted by molar-refractivity contribution is 5.65. The number of aromatic nitrogens is 3. The summed E-state index contributed by atoms with van der Waals surface area (Å²) in [5, 5.41) is 7.93. The van der Waals surface area contributed by atoms with Crippen LogP contribution in [0, 0.1) is 6.92 Å². The van der Waals surface area contributed by atoms with Gasteiger partial charge in [-0.3, -0.25) is 0 Å². The van der Waals surface area contributed by atoms with Gasteiger partial charge in [0.15, 0.2) is 5.82 Å². The Hall–Kier alpha value is -1.84. The predicted molar refractivity (Wildman–Crippen MR) is 57.7 cm³/mol. The van der Waals surface area contributed by atoms with Crippen molar-refractivity contribution in [1.29, 1.82) is 0 Å². The molecule has 0 fully saturated rings. The fourth-order valence-electron chi connectivity index (χ4n) is 1.52. The first-order chi connectivity index (χ1) is 7.22. The molecule has 0 radical (unpaired) electrons. The van der Waals surface area contributed by atoms with Crippen molar-refractivity contribution in [3.63, 3.8) is 0 Å². The molecule has 4 heteroatoms. The number of hydrogen-bond donors (Lipinski definition) is 0.